The van der Waals surface area contributed by atoms with Crippen molar-refractivity contribution < 1.29 is 24.4 Å². The van der Waals surface area contributed by atoms with Gasteiger partial charge in [-0.15, -0.1) is 0 Å². The second-order valence-electron chi connectivity index (χ2n) is 8.40. The first kappa shape index (κ1) is 22.3. The van der Waals surface area contributed by atoms with Crippen molar-refractivity contribution in [3.63, 3.8) is 0 Å². The highest BCUT2D eigenvalue weighted by Crippen LogP contribution is 2.34. The predicted molar refractivity (Wildman–Crippen MR) is 140 cm³/mol. The lowest BCUT2D eigenvalue weighted by molar-refractivity contribution is 0.373. The second kappa shape index (κ2) is 8.80. The van der Waals surface area contributed by atoms with Gasteiger partial charge >= 0.3 is 0 Å². The summed E-state index contributed by atoms with van der Waals surface area (Å²) < 4.78 is 16.5. The monoisotopic (exact) mass is 494 g/mol. The van der Waals surface area contributed by atoms with E-state index in [0.29, 0.717) is 34.6 Å². The van der Waals surface area contributed by atoms with Gasteiger partial charge in [0.05, 0.1) is 36.3 Å². The highest BCUT2D eigenvalue weighted by Gasteiger charge is 2.12. The molecule has 184 valence electrons. The third-order valence-corrected chi connectivity index (χ3v) is 6.05. The van der Waals surface area contributed by atoms with Crippen molar-refractivity contribution >= 4 is 22.1 Å². The normalized spacial score (nSPS) is 11.2. The number of rotatable bonds is 6. The summed E-state index contributed by atoms with van der Waals surface area (Å²) in [6.45, 7) is 0. The summed E-state index contributed by atoms with van der Waals surface area (Å²) in [5, 5.41) is 19.7. The maximum absolute atomic E-state index is 9.86. The molecule has 2 heterocycles. The van der Waals surface area contributed by atoms with Crippen LogP contribution in [0, 0.1) is 0 Å². The van der Waals surface area contributed by atoms with E-state index in [9.17, 15) is 10.2 Å². The number of phenolic OH excluding ortho intramolecular Hbond substituents is 2. The third kappa shape index (κ3) is 4.12. The molecule has 9 heteroatoms. The largest absolute Gasteiger partial charge is 0.504 e. The van der Waals surface area contributed by atoms with E-state index in [1.54, 1.807) is 36.4 Å². The van der Waals surface area contributed by atoms with Gasteiger partial charge in [-0.3, -0.25) is 0 Å². The van der Waals surface area contributed by atoms with Gasteiger partial charge in [-0.05, 0) is 60.7 Å². The summed E-state index contributed by atoms with van der Waals surface area (Å²) in [5.41, 5.74) is 4.77. The first-order valence-electron chi connectivity index (χ1n) is 11.4. The Kier molecular flexibility index (Phi) is 5.30. The third-order valence-electron chi connectivity index (χ3n) is 6.05. The number of methoxy groups -OCH3 is 2. The predicted octanol–water partition coefficient (Wildman–Crippen LogP) is 5.99. The SMILES string of the molecule is COc1cc(-c2nc3ccc(Oc4ccc5nc(-c6ccc(O)c(OC)c6)[nH]c5c4)cc3[nH]2)ccc1O. The number of phenols is 2. The molecule has 0 amide bonds. The number of benzene rings is 4. The minimum Gasteiger partial charge on any atom is -0.504 e. The first-order chi connectivity index (χ1) is 18.0. The Labute approximate surface area is 210 Å². The Hall–Kier alpha value is -5.18. The van der Waals surface area contributed by atoms with Crippen LogP contribution in [0.4, 0.5) is 0 Å². The number of imidazole rings is 2. The lowest BCUT2D eigenvalue weighted by Gasteiger charge is -2.05. The number of hydrogen-bond acceptors (Lipinski definition) is 7. The Bertz CT molecular complexity index is 1640. The molecule has 2 aromatic heterocycles. The van der Waals surface area contributed by atoms with Gasteiger partial charge in [0.2, 0.25) is 0 Å². The molecule has 0 spiro atoms. The van der Waals surface area contributed by atoms with Gasteiger partial charge in [-0.25, -0.2) is 9.97 Å². The number of nitrogens with one attached hydrogen (secondary N) is 2. The van der Waals surface area contributed by atoms with Gasteiger partial charge in [0.1, 0.15) is 23.1 Å². The quantitative estimate of drug-likeness (QED) is 0.224. The summed E-state index contributed by atoms with van der Waals surface area (Å²) in [6.07, 6.45) is 0. The van der Waals surface area contributed by atoms with Crippen LogP contribution in [0.3, 0.4) is 0 Å². The van der Waals surface area contributed by atoms with Crippen LogP contribution in [0.1, 0.15) is 0 Å². The van der Waals surface area contributed by atoms with E-state index >= 15 is 0 Å². The Balaban J connectivity index is 1.27. The fourth-order valence-corrected chi connectivity index (χ4v) is 4.16. The number of aromatic nitrogens is 4. The van der Waals surface area contributed by atoms with E-state index in [4.69, 9.17) is 14.2 Å². The van der Waals surface area contributed by atoms with Crippen LogP contribution < -0.4 is 14.2 Å². The molecule has 0 atom stereocenters. The van der Waals surface area contributed by atoms with Crippen LogP contribution in [0.2, 0.25) is 0 Å². The summed E-state index contributed by atoms with van der Waals surface area (Å²) in [7, 11) is 3.01. The standard InChI is InChI=1S/C28H22N4O5/c1-35-25-11-15(3-9-23(25)33)27-29-19-7-5-17(13-21(19)31-27)37-18-6-8-20-22(14-18)32-28(30-20)16-4-10-24(34)26(12-16)36-2/h3-14,33-34H,1-2H3,(H,29,31)(H,30,32). The zero-order chi connectivity index (χ0) is 25.5. The minimum absolute atomic E-state index is 0.0715. The van der Waals surface area contributed by atoms with Crippen LogP contribution in [-0.2, 0) is 0 Å². The molecule has 4 N–H and O–H groups in total. The molecular weight excluding hydrogens is 472 g/mol. The maximum atomic E-state index is 9.86. The maximum Gasteiger partial charge on any atom is 0.161 e. The van der Waals surface area contributed by atoms with E-state index in [0.717, 1.165) is 33.2 Å². The number of H-pyrrole nitrogens is 2. The van der Waals surface area contributed by atoms with Gasteiger partial charge in [0.25, 0.3) is 0 Å². The van der Waals surface area contributed by atoms with E-state index in [1.165, 1.54) is 14.2 Å². The van der Waals surface area contributed by atoms with Crippen molar-refractivity contribution in [3.05, 3.63) is 72.8 Å². The molecule has 0 saturated heterocycles. The van der Waals surface area contributed by atoms with Crippen LogP contribution in [0.15, 0.2) is 72.8 Å². The van der Waals surface area contributed by atoms with Crippen molar-refractivity contribution in [1.82, 2.24) is 19.9 Å². The second-order valence-corrected chi connectivity index (χ2v) is 8.40. The molecular formula is C28H22N4O5. The van der Waals surface area contributed by atoms with E-state index in [1.807, 2.05) is 36.4 Å². The molecule has 0 bridgehead atoms. The molecule has 0 unspecified atom stereocenters. The fraction of sp³-hybridized carbons (Fsp3) is 0.0714. The molecule has 0 fully saturated rings. The first-order valence-corrected chi connectivity index (χ1v) is 11.4. The molecule has 37 heavy (non-hydrogen) atoms. The van der Waals surface area contributed by atoms with Crippen molar-refractivity contribution in [3.8, 4) is 57.3 Å². The molecule has 0 radical (unpaired) electrons. The topological polar surface area (TPSA) is 126 Å². The average molecular weight is 495 g/mol. The Morgan fingerprint density at radius 1 is 0.595 bits per heavy atom. The molecule has 0 aliphatic carbocycles. The molecule has 0 aliphatic rings. The smallest absolute Gasteiger partial charge is 0.161 e. The number of aromatic hydroxyl groups is 2. The van der Waals surface area contributed by atoms with Gasteiger partial charge in [-0.2, -0.15) is 0 Å². The van der Waals surface area contributed by atoms with Gasteiger partial charge in [0.15, 0.2) is 23.0 Å². The van der Waals surface area contributed by atoms with Gasteiger partial charge in [-0.1, -0.05) is 0 Å². The van der Waals surface area contributed by atoms with Crippen molar-refractivity contribution in [2.75, 3.05) is 14.2 Å². The van der Waals surface area contributed by atoms with Gasteiger partial charge in [0, 0.05) is 23.3 Å². The lowest BCUT2D eigenvalue weighted by atomic mass is 10.2. The highest BCUT2D eigenvalue weighted by molar-refractivity contribution is 5.83. The van der Waals surface area contributed by atoms with Crippen LogP contribution in [-0.4, -0.2) is 44.4 Å². The number of fused-ring (bicyclic) bond motifs is 2. The van der Waals surface area contributed by atoms with Crippen LogP contribution in [0.5, 0.6) is 34.5 Å². The van der Waals surface area contributed by atoms with Crippen LogP contribution >= 0.6 is 0 Å². The number of ether oxygens (including phenoxy) is 3. The van der Waals surface area contributed by atoms with Crippen molar-refractivity contribution in [2.24, 2.45) is 0 Å². The van der Waals surface area contributed by atoms with Crippen molar-refractivity contribution in [2.45, 2.75) is 0 Å². The zero-order valence-corrected chi connectivity index (χ0v) is 19.9. The van der Waals surface area contributed by atoms with E-state index in [-0.39, 0.29) is 11.5 Å². The minimum atomic E-state index is 0.0715. The summed E-state index contributed by atoms with van der Waals surface area (Å²) in [4.78, 5) is 15.9. The fourth-order valence-electron chi connectivity index (χ4n) is 4.16. The lowest BCUT2D eigenvalue weighted by Crippen LogP contribution is -1.86. The van der Waals surface area contributed by atoms with Crippen LogP contribution in [0.25, 0.3) is 44.8 Å². The summed E-state index contributed by atoms with van der Waals surface area (Å²) >= 11 is 0. The van der Waals surface area contributed by atoms with E-state index in [2.05, 4.69) is 19.9 Å². The Morgan fingerprint density at radius 2 is 1.05 bits per heavy atom. The summed E-state index contributed by atoms with van der Waals surface area (Å²) in [6, 6.07) is 21.4. The van der Waals surface area contributed by atoms with Gasteiger partial charge < -0.3 is 34.4 Å². The Morgan fingerprint density at radius 3 is 1.49 bits per heavy atom. The number of hydrogen-bond donors (Lipinski definition) is 4. The molecule has 4 aromatic carbocycles. The number of nitrogens with zero attached hydrogens (tertiary/aromatic N) is 2. The molecule has 6 aromatic rings. The molecule has 6 rings (SSSR count). The molecule has 0 saturated carbocycles. The van der Waals surface area contributed by atoms with Crippen molar-refractivity contribution in [1.29, 1.82) is 0 Å². The number of aromatic amines is 2. The zero-order valence-electron chi connectivity index (χ0n) is 19.9. The highest BCUT2D eigenvalue weighted by atomic mass is 16.5. The average Bonchev–Trinajstić information content (AvgIpc) is 3.53. The molecule has 9 nitrogen and oxygen atoms in total. The molecule has 0 aliphatic heterocycles. The van der Waals surface area contributed by atoms with E-state index < -0.39 is 0 Å². The summed E-state index contributed by atoms with van der Waals surface area (Å²) in [5.74, 6) is 3.50.